The lowest BCUT2D eigenvalue weighted by Gasteiger charge is -2.11. The maximum atomic E-state index is 6.14. The molecule has 0 saturated carbocycles. The summed E-state index contributed by atoms with van der Waals surface area (Å²) in [6.07, 6.45) is 2.19. The molecule has 0 radical (unpaired) electrons. The van der Waals surface area contributed by atoms with Crippen LogP contribution in [0.1, 0.15) is 30.2 Å². The van der Waals surface area contributed by atoms with Crippen LogP contribution in [0.15, 0.2) is 18.2 Å². The van der Waals surface area contributed by atoms with Crippen molar-refractivity contribution < 1.29 is 0 Å². The number of benzene rings is 1. The van der Waals surface area contributed by atoms with E-state index >= 15 is 0 Å². The molecule has 1 heterocycles. The number of para-hydroxylation sites is 1. The number of anilines is 1. The molecule has 1 aromatic heterocycles. The van der Waals surface area contributed by atoms with Gasteiger partial charge >= 0.3 is 0 Å². The van der Waals surface area contributed by atoms with Crippen LogP contribution in [0.2, 0.25) is 0 Å². The summed E-state index contributed by atoms with van der Waals surface area (Å²) in [5.41, 5.74) is 11.5. The molecule has 2 aromatic rings. The first-order chi connectivity index (χ1) is 7.65. The van der Waals surface area contributed by atoms with Crippen LogP contribution < -0.4 is 5.73 Å². The minimum atomic E-state index is 0.875. The van der Waals surface area contributed by atoms with Crippen molar-refractivity contribution in [3.63, 3.8) is 0 Å². The number of nitrogen functional groups attached to an aromatic ring is 1. The number of aryl methyl sites for hydroxylation is 2. The summed E-state index contributed by atoms with van der Waals surface area (Å²) in [6, 6.07) is 6.27. The molecule has 0 aliphatic carbocycles. The van der Waals surface area contributed by atoms with Gasteiger partial charge in [-0.05, 0) is 31.4 Å². The molecule has 0 aliphatic rings. The van der Waals surface area contributed by atoms with Gasteiger partial charge in [-0.1, -0.05) is 31.5 Å². The van der Waals surface area contributed by atoms with Crippen molar-refractivity contribution in [3.05, 3.63) is 35.0 Å². The summed E-state index contributed by atoms with van der Waals surface area (Å²) in [5.74, 6) is 0. The van der Waals surface area contributed by atoms with Crippen molar-refractivity contribution in [2.75, 3.05) is 5.73 Å². The Morgan fingerprint density at radius 2 is 2.00 bits per heavy atom. The van der Waals surface area contributed by atoms with E-state index in [1.165, 1.54) is 5.56 Å². The second-order valence-corrected chi connectivity index (χ2v) is 4.30. The van der Waals surface area contributed by atoms with Crippen LogP contribution in [0.4, 0.5) is 5.69 Å². The van der Waals surface area contributed by atoms with Gasteiger partial charge in [0.2, 0.25) is 0 Å². The average molecular weight is 214 g/mol. The van der Waals surface area contributed by atoms with Gasteiger partial charge in [0, 0.05) is 16.8 Å². The first kappa shape index (κ1) is 10.9. The van der Waals surface area contributed by atoms with Crippen molar-refractivity contribution >= 4 is 16.6 Å². The summed E-state index contributed by atoms with van der Waals surface area (Å²) in [7, 11) is 0. The maximum absolute atomic E-state index is 6.14. The molecule has 0 atom stereocenters. The topological polar surface area (TPSA) is 38.9 Å². The molecule has 0 fully saturated rings. The van der Waals surface area contributed by atoms with Gasteiger partial charge in [-0.3, -0.25) is 4.98 Å². The standard InChI is InChI=1S/C14H18N2/c1-4-6-11-7-5-8-12-13(15)9(2)10(3)16-14(11)12/h5,7-8H,4,6H2,1-3H3,(H2,15,16). The van der Waals surface area contributed by atoms with E-state index in [2.05, 4.69) is 30.1 Å². The number of nitrogens with zero attached hydrogens (tertiary/aromatic N) is 1. The van der Waals surface area contributed by atoms with E-state index in [1.807, 2.05) is 13.8 Å². The third-order valence-corrected chi connectivity index (χ3v) is 3.16. The van der Waals surface area contributed by atoms with E-state index in [1.54, 1.807) is 0 Å². The van der Waals surface area contributed by atoms with Crippen LogP contribution in [0.5, 0.6) is 0 Å². The van der Waals surface area contributed by atoms with Gasteiger partial charge in [0.25, 0.3) is 0 Å². The van der Waals surface area contributed by atoms with Crippen molar-refractivity contribution in [1.82, 2.24) is 4.98 Å². The third kappa shape index (κ3) is 1.64. The molecular weight excluding hydrogens is 196 g/mol. The van der Waals surface area contributed by atoms with E-state index in [0.29, 0.717) is 0 Å². The molecule has 0 aliphatic heterocycles. The van der Waals surface area contributed by atoms with Gasteiger partial charge in [0.15, 0.2) is 0 Å². The molecule has 0 amide bonds. The summed E-state index contributed by atoms with van der Waals surface area (Å²) >= 11 is 0. The highest BCUT2D eigenvalue weighted by atomic mass is 14.7. The van der Waals surface area contributed by atoms with Crippen LogP contribution >= 0.6 is 0 Å². The zero-order valence-corrected chi connectivity index (χ0v) is 10.2. The van der Waals surface area contributed by atoms with Crippen LogP contribution in [0, 0.1) is 13.8 Å². The Kier molecular flexibility index (Phi) is 2.82. The Hall–Kier alpha value is -1.57. The third-order valence-electron chi connectivity index (χ3n) is 3.16. The fourth-order valence-electron chi connectivity index (χ4n) is 2.06. The Morgan fingerprint density at radius 1 is 1.25 bits per heavy atom. The molecule has 0 unspecified atom stereocenters. The van der Waals surface area contributed by atoms with Crippen molar-refractivity contribution in [2.24, 2.45) is 0 Å². The van der Waals surface area contributed by atoms with Gasteiger partial charge in [-0.15, -0.1) is 0 Å². The van der Waals surface area contributed by atoms with Gasteiger partial charge in [-0.2, -0.15) is 0 Å². The average Bonchev–Trinajstić information content (AvgIpc) is 2.28. The quantitative estimate of drug-likeness (QED) is 0.832. The highest BCUT2D eigenvalue weighted by Crippen LogP contribution is 2.27. The molecule has 0 bridgehead atoms. The first-order valence-corrected chi connectivity index (χ1v) is 5.79. The second-order valence-electron chi connectivity index (χ2n) is 4.30. The summed E-state index contributed by atoms with van der Waals surface area (Å²) in [5, 5.41) is 1.09. The van der Waals surface area contributed by atoms with Gasteiger partial charge in [0.1, 0.15) is 0 Å². The number of aromatic nitrogens is 1. The number of hydrogen-bond donors (Lipinski definition) is 1. The highest BCUT2D eigenvalue weighted by Gasteiger charge is 2.08. The van der Waals surface area contributed by atoms with Crippen LogP contribution in [-0.2, 0) is 6.42 Å². The van der Waals surface area contributed by atoms with Crippen molar-refractivity contribution in [2.45, 2.75) is 33.6 Å². The molecule has 84 valence electrons. The SMILES string of the molecule is CCCc1cccc2c(N)c(C)c(C)nc12. The number of rotatable bonds is 2. The molecule has 16 heavy (non-hydrogen) atoms. The lowest BCUT2D eigenvalue weighted by molar-refractivity contribution is 0.925. The lowest BCUT2D eigenvalue weighted by Crippen LogP contribution is -1.99. The van der Waals surface area contributed by atoms with E-state index in [9.17, 15) is 0 Å². The molecule has 1 aromatic carbocycles. The number of fused-ring (bicyclic) bond motifs is 1. The monoisotopic (exact) mass is 214 g/mol. The Labute approximate surface area is 96.5 Å². The smallest absolute Gasteiger partial charge is 0.0758 e. The van der Waals surface area contributed by atoms with E-state index in [4.69, 9.17) is 5.73 Å². The normalized spacial score (nSPS) is 10.9. The molecule has 2 N–H and O–H groups in total. The van der Waals surface area contributed by atoms with Gasteiger partial charge in [-0.25, -0.2) is 0 Å². The zero-order valence-electron chi connectivity index (χ0n) is 10.2. The largest absolute Gasteiger partial charge is 0.398 e. The Bertz CT molecular complexity index is 530. The summed E-state index contributed by atoms with van der Waals surface area (Å²) < 4.78 is 0. The van der Waals surface area contributed by atoms with Crippen LogP contribution in [0.25, 0.3) is 10.9 Å². The van der Waals surface area contributed by atoms with E-state index in [-0.39, 0.29) is 0 Å². The van der Waals surface area contributed by atoms with Gasteiger partial charge < -0.3 is 5.73 Å². The Balaban J connectivity index is 2.78. The minimum absolute atomic E-state index is 0.875. The van der Waals surface area contributed by atoms with E-state index in [0.717, 1.165) is 40.7 Å². The first-order valence-electron chi connectivity index (χ1n) is 5.79. The van der Waals surface area contributed by atoms with Crippen LogP contribution in [0.3, 0.4) is 0 Å². The molecule has 2 rings (SSSR count). The van der Waals surface area contributed by atoms with Crippen molar-refractivity contribution in [3.8, 4) is 0 Å². The molecule has 0 spiro atoms. The zero-order chi connectivity index (χ0) is 11.7. The Morgan fingerprint density at radius 3 is 2.69 bits per heavy atom. The number of nitrogens with two attached hydrogens (primary N) is 1. The van der Waals surface area contributed by atoms with Gasteiger partial charge in [0.05, 0.1) is 5.52 Å². The fraction of sp³-hybridized carbons (Fsp3) is 0.357. The van der Waals surface area contributed by atoms with E-state index < -0.39 is 0 Å². The summed E-state index contributed by atoms with van der Waals surface area (Å²) in [6.45, 7) is 6.24. The minimum Gasteiger partial charge on any atom is -0.398 e. The summed E-state index contributed by atoms with van der Waals surface area (Å²) in [4.78, 5) is 4.67. The number of pyridine rings is 1. The second kappa shape index (κ2) is 4.12. The predicted octanol–water partition coefficient (Wildman–Crippen LogP) is 3.39. The van der Waals surface area contributed by atoms with Crippen LogP contribution in [-0.4, -0.2) is 4.98 Å². The fourth-order valence-corrected chi connectivity index (χ4v) is 2.06. The molecular formula is C14H18N2. The molecule has 2 heteroatoms. The number of hydrogen-bond acceptors (Lipinski definition) is 2. The highest BCUT2D eigenvalue weighted by molar-refractivity contribution is 5.93. The predicted molar refractivity (Wildman–Crippen MR) is 69.6 cm³/mol. The van der Waals surface area contributed by atoms with Crippen molar-refractivity contribution in [1.29, 1.82) is 0 Å². The molecule has 2 nitrogen and oxygen atoms in total. The lowest BCUT2D eigenvalue weighted by atomic mass is 10.0. The maximum Gasteiger partial charge on any atom is 0.0758 e. The molecule has 0 saturated heterocycles.